The van der Waals surface area contributed by atoms with Crippen molar-refractivity contribution in [1.82, 2.24) is 0 Å². The molecule has 0 radical (unpaired) electrons. The quantitative estimate of drug-likeness (QED) is 0.829. The zero-order valence-corrected chi connectivity index (χ0v) is 13.9. The van der Waals surface area contributed by atoms with E-state index in [9.17, 15) is 13.6 Å². The first-order valence-electron chi connectivity index (χ1n) is 8.32. The summed E-state index contributed by atoms with van der Waals surface area (Å²) in [5, 5.41) is 5.55. The van der Waals surface area contributed by atoms with Crippen LogP contribution in [0.2, 0.25) is 0 Å². The van der Waals surface area contributed by atoms with Crippen molar-refractivity contribution >= 4 is 28.5 Å². The van der Waals surface area contributed by atoms with Crippen LogP contribution in [0.5, 0.6) is 0 Å². The van der Waals surface area contributed by atoms with Crippen molar-refractivity contribution in [2.45, 2.75) is 0 Å². The van der Waals surface area contributed by atoms with E-state index in [0.717, 1.165) is 0 Å². The Bertz CT molecular complexity index is 892. The molecule has 1 fully saturated rings. The Morgan fingerprint density at radius 2 is 1.92 bits per heavy atom. The molecule has 2 heterocycles. The summed E-state index contributed by atoms with van der Waals surface area (Å²) in [4.78, 5) is 14.0. The third kappa shape index (κ3) is 3.13. The van der Waals surface area contributed by atoms with Gasteiger partial charge in [0, 0.05) is 30.5 Å². The lowest BCUT2D eigenvalue weighted by atomic mass is 10.1. The third-order valence-corrected chi connectivity index (χ3v) is 4.45. The summed E-state index contributed by atoms with van der Waals surface area (Å²) in [6, 6.07) is 8.95. The van der Waals surface area contributed by atoms with Crippen LogP contribution in [0.15, 0.2) is 42.6 Å². The highest BCUT2D eigenvalue weighted by Crippen LogP contribution is 2.32. The van der Waals surface area contributed by atoms with Crippen molar-refractivity contribution in [2.24, 2.45) is 0 Å². The number of ether oxygens (including phenoxy) is 1. The zero-order valence-electron chi connectivity index (χ0n) is 13.9. The number of halogens is 2. The highest BCUT2D eigenvalue weighted by atomic mass is 19.1. The van der Waals surface area contributed by atoms with E-state index in [1.165, 1.54) is 30.5 Å². The van der Waals surface area contributed by atoms with Gasteiger partial charge in [-0.25, -0.2) is 8.78 Å². The Morgan fingerprint density at radius 3 is 2.69 bits per heavy atom. The number of carbonyl (C=O) groups is 1. The van der Waals surface area contributed by atoms with Crippen LogP contribution in [-0.4, -0.2) is 32.2 Å². The SMILES string of the molecule is O=C1Nc2cc(F)ccc2C1=CNc1ccc(N2CCOCC2)c(F)c1. The summed E-state index contributed by atoms with van der Waals surface area (Å²) in [6.45, 7) is 2.48. The second-order valence-corrected chi connectivity index (χ2v) is 6.11. The number of hydrogen-bond acceptors (Lipinski definition) is 4. The van der Waals surface area contributed by atoms with Gasteiger partial charge < -0.3 is 20.3 Å². The maximum absolute atomic E-state index is 14.4. The van der Waals surface area contributed by atoms with Gasteiger partial charge in [-0.2, -0.15) is 0 Å². The van der Waals surface area contributed by atoms with E-state index in [-0.39, 0.29) is 11.7 Å². The minimum absolute atomic E-state index is 0.330. The van der Waals surface area contributed by atoms with E-state index in [0.29, 0.717) is 54.5 Å². The van der Waals surface area contributed by atoms with Crippen LogP contribution in [-0.2, 0) is 9.53 Å². The van der Waals surface area contributed by atoms with Crippen molar-refractivity contribution < 1.29 is 18.3 Å². The van der Waals surface area contributed by atoms with Crippen LogP contribution < -0.4 is 15.5 Å². The van der Waals surface area contributed by atoms with E-state index >= 15 is 0 Å². The van der Waals surface area contributed by atoms with E-state index in [1.807, 2.05) is 4.90 Å². The molecule has 2 aliphatic heterocycles. The van der Waals surface area contributed by atoms with Gasteiger partial charge >= 0.3 is 0 Å². The molecule has 0 saturated carbocycles. The fourth-order valence-electron chi connectivity index (χ4n) is 3.12. The number of nitrogens with zero attached hydrogens (tertiary/aromatic N) is 1. The molecule has 0 atom stereocenters. The molecule has 0 aliphatic carbocycles. The van der Waals surface area contributed by atoms with Crippen LogP contribution in [0.25, 0.3) is 5.57 Å². The van der Waals surface area contributed by atoms with Gasteiger partial charge in [0.1, 0.15) is 11.6 Å². The minimum Gasteiger partial charge on any atom is -0.378 e. The molecule has 2 aromatic carbocycles. The highest BCUT2D eigenvalue weighted by molar-refractivity contribution is 6.31. The van der Waals surface area contributed by atoms with Gasteiger partial charge in [-0.15, -0.1) is 0 Å². The van der Waals surface area contributed by atoms with Gasteiger partial charge in [-0.3, -0.25) is 4.79 Å². The monoisotopic (exact) mass is 357 g/mol. The van der Waals surface area contributed by atoms with Crippen LogP contribution in [0.4, 0.5) is 25.8 Å². The molecule has 1 amide bonds. The van der Waals surface area contributed by atoms with Gasteiger partial charge in [0.15, 0.2) is 0 Å². The number of rotatable bonds is 3. The Balaban J connectivity index is 1.54. The number of amides is 1. The Kier molecular flexibility index (Phi) is 4.30. The molecule has 0 unspecified atom stereocenters. The maximum atomic E-state index is 14.4. The number of fused-ring (bicyclic) bond motifs is 1. The lowest BCUT2D eigenvalue weighted by molar-refractivity contribution is -0.110. The van der Waals surface area contributed by atoms with Crippen molar-refractivity contribution in [3.05, 3.63) is 59.8 Å². The van der Waals surface area contributed by atoms with Crippen LogP contribution in [0, 0.1) is 11.6 Å². The molecule has 0 bridgehead atoms. The number of hydrogen-bond donors (Lipinski definition) is 2. The summed E-state index contributed by atoms with van der Waals surface area (Å²) in [6.07, 6.45) is 1.50. The largest absolute Gasteiger partial charge is 0.378 e. The maximum Gasteiger partial charge on any atom is 0.257 e. The van der Waals surface area contributed by atoms with Crippen LogP contribution in [0.3, 0.4) is 0 Å². The summed E-state index contributed by atoms with van der Waals surface area (Å²) in [7, 11) is 0. The van der Waals surface area contributed by atoms with Gasteiger partial charge in [0.2, 0.25) is 0 Å². The summed E-state index contributed by atoms with van der Waals surface area (Å²) < 4.78 is 33.0. The first-order chi connectivity index (χ1) is 12.6. The lowest BCUT2D eigenvalue weighted by Crippen LogP contribution is -2.36. The van der Waals surface area contributed by atoms with E-state index in [1.54, 1.807) is 12.1 Å². The molecule has 0 aromatic heterocycles. The molecule has 2 aliphatic rings. The Labute approximate surface area is 149 Å². The topological polar surface area (TPSA) is 53.6 Å². The van der Waals surface area contributed by atoms with E-state index in [4.69, 9.17) is 4.74 Å². The number of benzene rings is 2. The second kappa shape index (κ2) is 6.76. The van der Waals surface area contributed by atoms with Crippen molar-refractivity contribution in [1.29, 1.82) is 0 Å². The predicted octanol–water partition coefficient (Wildman–Crippen LogP) is 3.21. The van der Waals surface area contributed by atoms with Gasteiger partial charge in [0.05, 0.1) is 30.2 Å². The molecule has 2 aromatic rings. The molecule has 5 nitrogen and oxygen atoms in total. The zero-order chi connectivity index (χ0) is 18.1. The summed E-state index contributed by atoms with van der Waals surface area (Å²) >= 11 is 0. The first-order valence-corrected chi connectivity index (χ1v) is 8.32. The molecule has 134 valence electrons. The van der Waals surface area contributed by atoms with Crippen LogP contribution >= 0.6 is 0 Å². The minimum atomic E-state index is -0.418. The number of morpholine rings is 1. The van der Waals surface area contributed by atoms with Crippen molar-refractivity contribution in [3.63, 3.8) is 0 Å². The Hall–Kier alpha value is -2.93. The molecular weight excluding hydrogens is 340 g/mol. The summed E-state index contributed by atoms with van der Waals surface area (Å²) in [5.41, 5.74) is 2.46. The number of anilines is 3. The normalized spacial score (nSPS) is 18.0. The average molecular weight is 357 g/mol. The molecule has 1 saturated heterocycles. The highest BCUT2D eigenvalue weighted by Gasteiger charge is 2.24. The molecule has 0 spiro atoms. The predicted molar refractivity (Wildman–Crippen MR) is 96.1 cm³/mol. The lowest BCUT2D eigenvalue weighted by Gasteiger charge is -2.29. The van der Waals surface area contributed by atoms with Crippen molar-refractivity contribution in [3.8, 4) is 0 Å². The van der Waals surface area contributed by atoms with Gasteiger partial charge in [-0.1, -0.05) is 0 Å². The standard InChI is InChI=1S/C19H17F2N3O2/c20-12-1-3-14-15(19(25)23-17(14)9-12)11-22-13-2-4-18(16(21)10-13)24-5-7-26-8-6-24/h1-4,9-11,22H,5-8H2,(H,23,25). The smallest absolute Gasteiger partial charge is 0.257 e. The molecule has 4 rings (SSSR count). The molecule has 7 heteroatoms. The number of nitrogens with one attached hydrogen (secondary N) is 2. The Morgan fingerprint density at radius 1 is 1.12 bits per heavy atom. The fraction of sp³-hybridized carbons (Fsp3) is 0.211. The van der Waals surface area contributed by atoms with E-state index < -0.39 is 5.82 Å². The molecular formula is C19H17F2N3O2. The average Bonchev–Trinajstić information content (AvgIpc) is 2.95. The second-order valence-electron chi connectivity index (χ2n) is 6.11. The first kappa shape index (κ1) is 16.5. The summed E-state index contributed by atoms with van der Waals surface area (Å²) in [5.74, 6) is -1.09. The van der Waals surface area contributed by atoms with E-state index in [2.05, 4.69) is 10.6 Å². The molecule has 2 N–H and O–H groups in total. The fourth-order valence-corrected chi connectivity index (χ4v) is 3.12. The van der Waals surface area contributed by atoms with Crippen LogP contribution in [0.1, 0.15) is 5.56 Å². The molecule has 26 heavy (non-hydrogen) atoms. The van der Waals surface area contributed by atoms with Gasteiger partial charge in [-0.05, 0) is 36.4 Å². The van der Waals surface area contributed by atoms with Gasteiger partial charge in [0.25, 0.3) is 5.91 Å². The third-order valence-electron chi connectivity index (χ3n) is 4.45. The van der Waals surface area contributed by atoms with Crippen molar-refractivity contribution in [2.75, 3.05) is 41.8 Å². The number of carbonyl (C=O) groups excluding carboxylic acids is 1.